The second-order valence-corrected chi connectivity index (χ2v) is 9.88. The van der Waals surface area contributed by atoms with E-state index in [4.69, 9.17) is 4.74 Å². The van der Waals surface area contributed by atoms with E-state index < -0.39 is 15.4 Å². The fourth-order valence-corrected chi connectivity index (χ4v) is 4.96. The molecule has 2 aliphatic rings. The van der Waals surface area contributed by atoms with Crippen molar-refractivity contribution in [3.8, 4) is 0 Å². The third-order valence-corrected chi connectivity index (χ3v) is 6.21. The van der Waals surface area contributed by atoms with Crippen LogP contribution in [0.4, 0.5) is 4.79 Å². The first-order chi connectivity index (χ1) is 11.1. The number of hydrogen-bond acceptors (Lipinski definition) is 5. The van der Waals surface area contributed by atoms with Gasteiger partial charge in [0.15, 0.2) is 9.84 Å². The number of carbonyl (C=O) groups is 2. The number of ether oxygens (including phenoxy) is 1. The summed E-state index contributed by atoms with van der Waals surface area (Å²) in [5, 5.41) is 0. The highest BCUT2D eigenvalue weighted by Crippen LogP contribution is 2.23. The first kappa shape index (κ1) is 19.0. The lowest BCUT2D eigenvalue weighted by Gasteiger charge is -2.35. The molecule has 24 heavy (non-hydrogen) atoms. The summed E-state index contributed by atoms with van der Waals surface area (Å²) >= 11 is 0. The standard InChI is InChI=1S/C16H28N2O5S/c1-16(2,3)23-15(20)18-9-7-17(8-10-18)14(19)5-4-13-6-11-24(21,22)12-13/h13H,4-12H2,1-3H3. The van der Waals surface area contributed by atoms with E-state index in [9.17, 15) is 18.0 Å². The molecule has 2 heterocycles. The van der Waals surface area contributed by atoms with Gasteiger partial charge in [0, 0.05) is 32.6 Å². The zero-order valence-corrected chi connectivity index (χ0v) is 15.6. The van der Waals surface area contributed by atoms with Gasteiger partial charge in [-0.15, -0.1) is 0 Å². The molecule has 0 aliphatic carbocycles. The average Bonchev–Trinajstić information content (AvgIpc) is 2.82. The summed E-state index contributed by atoms with van der Waals surface area (Å²) in [6, 6.07) is 0. The topological polar surface area (TPSA) is 84.0 Å². The van der Waals surface area contributed by atoms with Crippen molar-refractivity contribution in [2.45, 2.75) is 45.6 Å². The van der Waals surface area contributed by atoms with E-state index in [1.54, 1.807) is 9.80 Å². The molecule has 1 unspecified atom stereocenters. The van der Waals surface area contributed by atoms with Crippen molar-refractivity contribution in [2.75, 3.05) is 37.7 Å². The van der Waals surface area contributed by atoms with Gasteiger partial charge >= 0.3 is 6.09 Å². The molecule has 0 N–H and O–H groups in total. The maximum atomic E-state index is 12.3. The summed E-state index contributed by atoms with van der Waals surface area (Å²) in [5.74, 6) is 0.623. The second-order valence-electron chi connectivity index (χ2n) is 7.66. The van der Waals surface area contributed by atoms with Crippen molar-refractivity contribution >= 4 is 21.8 Å². The molecule has 0 spiro atoms. The van der Waals surface area contributed by atoms with Crippen LogP contribution in [-0.2, 0) is 19.4 Å². The third-order valence-electron chi connectivity index (χ3n) is 4.38. The lowest BCUT2D eigenvalue weighted by molar-refractivity contribution is -0.133. The number of amides is 2. The van der Waals surface area contributed by atoms with Crippen molar-refractivity contribution in [3.05, 3.63) is 0 Å². The summed E-state index contributed by atoms with van der Waals surface area (Å²) in [6.07, 6.45) is 1.34. The number of hydrogen-bond donors (Lipinski definition) is 0. The van der Waals surface area contributed by atoms with E-state index in [0.29, 0.717) is 45.4 Å². The van der Waals surface area contributed by atoms with Gasteiger partial charge in [-0.05, 0) is 39.5 Å². The molecular weight excluding hydrogens is 332 g/mol. The van der Waals surface area contributed by atoms with E-state index in [-0.39, 0.29) is 29.4 Å². The molecule has 1 atom stereocenters. The number of sulfone groups is 1. The molecule has 0 aromatic heterocycles. The van der Waals surface area contributed by atoms with Gasteiger partial charge < -0.3 is 14.5 Å². The Morgan fingerprint density at radius 2 is 1.67 bits per heavy atom. The number of piperazine rings is 1. The Bertz CT molecular complexity index is 574. The monoisotopic (exact) mass is 360 g/mol. The van der Waals surface area contributed by atoms with E-state index in [1.165, 1.54) is 0 Å². The van der Waals surface area contributed by atoms with Crippen LogP contribution >= 0.6 is 0 Å². The van der Waals surface area contributed by atoms with Crippen LogP contribution in [-0.4, -0.2) is 73.5 Å². The van der Waals surface area contributed by atoms with Crippen LogP contribution < -0.4 is 0 Å². The molecule has 2 aliphatic heterocycles. The minimum Gasteiger partial charge on any atom is -0.444 e. The van der Waals surface area contributed by atoms with Gasteiger partial charge in [-0.25, -0.2) is 13.2 Å². The lowest BCUT2D eigenvalue weighted by atomic mass is 10.0. The number of rotatable bonds is 3. The summed E-state index contributed by atoms with van der Waals surface area (Å²) in [7, 11) is -2.88. The molecule has 0 saturated carbocycles. The lowest BCUT2D eigenvalue weighted by Crippen LogP contribution is -2.51. The number of carbonyl (C=O) groups excluding carboxylic acids is 2. The van der Waals surface area contributed by atoms with Crippen LogP contribution in [0.1, 0.15) is 40.0 Å². The largest absolute Gasteiger partial charge is 0.444 e. The van der Waals surface area contributed by atoms with Crippen molar-refractivity contribution in [3.63, 3.8) is 0 Å². The normalized spacial score (nSPS) is 24.0. The van der Waals surface area contributed by atoms with Gasteiger partial charge in [0.2, 0.25) is 5.91 Å². The minimum atomic E-state index is -2.88. The van der Waals surface area contributed by atoms with Crippen molar-refractivity contribution < 1.29 is 22.7 Å². The molecule has 138 valence electrons. The molecule has 7 nitrogen and oxygen atoms in total. The fraction of sp³-hybridized carbons (Fsp3) is 0.875. The highest BCUT2D eigenvalue weighted by molar-refractivity contribution is 7.91. The summed E-state index contributed by atoms with van der Waals surface area (Å²) < 4.78 is 28.2. The van der Waals surface area contributed by atoms with Crippen LogP contribution in [0, 0.1) is 5.92 Å². The maximum Gasteiger partial charge on any atom is 0.410 e. The zero-order chi connectivity index (χ0) is 18.0. The Balaban J connectivity index is 1.72. The first-order valence-electron chi connectivity index (χ1n) is 8.52. The van der Waals surface area contributed by atoms with Gasteiger partial charge in [-0.1, -0.05) is 0 Å². The Hall–Kier alpha value is -1.31. The van der Waals surface area contributed by atoms with Crippen molar-refractivity contribution in [1.29, 1.82) is 0 Å². The molecule has 2 saturated heterocycles. The Morgan fingerprint density at radius 3 is 2.17 bits per heavy atom. The molecular formula is C16H28N2O5S. The predicted molar refractivity (Wildman–Crippen MR) is 90.4 cm³/mol. The SMILES string of the molecule is CC(C)(C)OC(=O)N1CCN(C(=O)CCC2CCS(=O)(=O)C2)CC1. The highest BCUT2D eigenvalue weighted by Gasteiger charge is 2.30. The molecule has 0 aromatic rings. The van der Waals surface area contributed by atoms with Crippen LogP contribution in [0.15, 0.2) is 0 Å². The molecule has 2 rings (SSSR count). The van der Waals surface area contributed by atoms with E-state index in [1.807, 2.05) is 20.8 Å². The predicted octanol–water partition coefficient (Wildman–Crippen LogP) is 1.28. The molecule has 0 bridgehead atoms. The molecule has 2 fully saturated rings. The van der Waals surface area contributed by atoms with Crippen LogP contribution in [0.5, 0.6) is 0 Å². The van der Waals surface area contributed by atoms with Gasteiger partial charge in [-0.2, -0.15) is 0 Å². The Morgan fingerprint density at radius 1 is 1.08 bits per heavy atom. The Kier molecular flexibility index (Phi) is 5.78. The zero-order valence-electron chi connectivity index (χ0n) is 14.8. The highest BCUT2D eigenvalue weighted by atomic mass is 32.2. The fourth-order valence-electron chi connectivity index (χ4n) is 3.05. The maximum absolute atomic E-state index is 12.3. The van der Waals surface area contributed by atoms with E-state index >= 15 is 0 Å². The van der Waals surface area contributed by atoms with E-state index in [0.717, 1.165) is 0 Å². The molecule has 0 aromatic carbocycles. The van der Waals surface area contributed by atoms with Gasteiger partial charge in [0.1, 0.15) is 5.60 Å². The smallest absolute Gasteiger partial charge is 0.410 e. The van der Waals surface area contributed by atoms with Crippen LogP contribution in [0.25, 0.3) is 0 Å². The van der Waals surface area contributed by atoms with Crippen LogP contribution in [0.2, 0.25) is 0 Å². The van der Waals surface area contributed by atoms with Gasteiger partial charge in [0.05, 0.1) is 11.5 Å². The van der Waals surface area contributed by atoms with E-state index in [2.05, 4.69) is 0 Å². The summed E-state index contributed by atoms with van der Waals surface area (Å²) in [4.78, 5) is 27.6. The Labute approximate surface area is 144 Å². The number of nitrogens with zero attached hydrogens (tertiary/aromatic N) is 2. The molecule has 8 heteroatoms. The molecule has 0 radical (unpaired) electrons. The second kappa shape index (κ2) is 7.29. The first-order valence-corrected chi connectivity index (χ1v) is 10.3. The van der Waals surface area contributed by atoms with Crippen molar-refractivity contribution in [1.82, 2.24) is 9.80 Å². The average molecular weight is 360 g/mol. The van der Waals surface area contributed by atoms with Crippen LogP contribution in [0.3, 0.4) is 0 Å². The molecule has 2 amide bonds. The summed E-state index contributed by atoms with van der Waals surface area (Å²) in [6.45, 7) is 7.43. The third kappa shape index (κ3) is 5.65. The van der Waals surface area contributed by atoms with Gasteiger partial charge in [-0.3, -0.25) is 4.79 Å². The quantitative estimate of drug-likeness (QED) is 0.757. The summed E-state index contributed by atoms with van der Waals surface area (Å²) in [5.41, 5.74) is -0.522. The van der Waals surface area contributed by atoms with Gasteiger partial charge in [0.25, 0.3) is 0 Å². The minimum absolute atomic E-state index is 0.0446. The van der Waals surface area contributed by atoms with Crippen molar-refractivity contribution in [2.24, 2.45) is 5.92 Å².